The van der Waals surface area contributed by atoms with E-state index in [1.807, 2.05) is 6.92 Å². The molecule has 1 aliphatic rings. The molecule has 0 unspecified atom stereocenters. The molecule has 1 atom stereocenters. The first-order chi connectivity index (χ1) is 23.0. The number of hydrogen-bond acceptors (Lipinski definition) is 9. The Morgan fingerprint density at radius 3 is 2.32 bits per heavy atom. The van der Waals surface area contributed by atoms with E-state index >= 15 is 0 Å². The van der Waals surface area contributed by atoms with Crippen LogP contribution in [-0.4, -0.2) is 56.4 Å². The number of ether oxygens (including phenoxy) is 3. The number of hydrogen-bond donors (Lipinski definition) is 3. The predicted octanol–water partition coefficient (Wildman–Crippen LogP) is 6.02. The van der Waals surface area contributed by atoms with Crippen molar-refractivity contribution >= 4 is 35.9 Å². The second-order valence-electron chi connectivity index (χ2n) is 11.7. The second-order valence-corrected chi connectivity index (χ2v) is 11.7. The van der Waals surface area contributed by atoms with Crippen molar-refractivity contribution in [2.45, 2.75) is 71.9 Å². The van der Waals surface area contributed by atoms with Crippen molar-refractivity contribution in [2.75, 3.05) is 0 Å². The van der Waals surface area contributed by atoms with Crippen LogP contribution in [0.15, 0.2) is 42.6 Å². The molecule has 50 heavy (non-hydrogen) atoms. The number of carbonyl (C=O) groups is 3. The van der Waals surface area contributed by atoms with Crippen molar-refractivity contribution in [1.29, 1.82) is 0 Å². The van der Waals surface area contributed by atoms with E-state index in [1.165, 1.54) is 6.07 Å². The Kier molecular flexibility index (Phi) is 12.7. The molecule has 2 aromatic carbocycles. The van der Waals surface area contributed by atoms with Crippen LogP contribution in [0.5, 0.6) is 11.5 Å². The van der Waals surface area contributed by atoms with Gasteiger partial charge in [0.1, 0.15) is 11.3 Å². The van der Waals surface area contributed by atoms with Gasteiger partial charge in [-0.2, -0.15) is 22.7 Å². The number of rotatable bonds is 9. The van der Waals surface area contributed by atoms with Crippen molar-refractivity contribution in [3.05, 3.63) is 87.6 Å². The van der Waals surface area contributed by atoms with Gasteiger partial charge in [0.2, 0.25) is 0 Å². The highest BCUT2D eigenvalue weighted by Crippen LogP contribution is 2.35. The molecule has 2 heterocycles. The number of nitrogens with two attached hydrogens (primary N) is 1. The fourth-order valence-corrected chi connectivity index (χ4v) is 5.08. The first kappa shape index (κ1) is 39.4. The largest absolute Gasteiger partial charge is 0.477 e. The Morgan fingerprint density at radius 1 is 1.06 bits per heavy atom. The van der Waals surface area contributed by atoms with Gasteiger partial charge in [-0.15, -0.1) is 12.4 Å². The van der Waals surface area contributed by atoms with Gasteiger partial charge >= 0.3 is 25.2 Å². The van der Waals surface area contributed by atoms with Crippen LogP contribution in [0, 0.1) is 12.7 Å². The zero-order valence-corrected chi connectivity index (χ0v) is 27.8. The van der Waals surface area contributed by atoms with Crippen molar-refractivity contribution < 1.29 is 55.7 Å². The van der Waals surface area contributed by atoms with E-state index < -0.39 is 59.7 Å². The summed E-state index contributed by atoms with van der Waals surface area (Å²) in [6.07, 6.45) is 2.11. The van der Waals surface area contributed by atoms with Gasteiger partial charge in [0.15, 0.2) is 28.7 Å². The number of esters is 1. The smallest absolute Gasteiger partial charge is 0.387 e. The van der Waals surface area contributed by atoms with Crippen molar-refractivity contribution in [3.63, 3.8) is 0 Å². The second kappa shape index (κ2) is 16.1. The molecule has 0 spiro atoms. The summed E-state index contributed by atoms with van der Waals surface area (Å²) in [6, 6.07) is 7.78. The van der Waals surface area contributed by atoms with Crippen LogP contribution >= 0.6 is 12.4 Å². The van der Waals surface area contributed by atoms with E-state index in [0.717, 1.165) is 45.6 Å². The molecular formula is C32H33ClF5N5O7. The average Bonchev–Trinajstić information content (AvgIpc) is 3.60. The third-order valence-corrected chi connectivity index (χ3v) is 7.17. The van der Waals surface area contributed by atoms with Crippen LogP contribution < -0.4 is 20.5 Å². The molecule has 1 aliphatic carbocycles. The fraction of sp³-hybridized carbons (Fsp3) is 0.344. The van der Waals surface area contributed by atoms with E-state index in [4.69, 9.17) is 10.5 Å². The summed E-state index contributed by atoms with van der Waals surface area (Å²) in [6.45, 7) is 1.11. The Labute approximate surface area is 288 Å². The first-order valence-electron chi connectivity index (χ1n) is 14.7. The summed E-state index contributed by atoms with van der Waals surface area (Å²) in [5, 5.41) is 16.0. The maximum Gasteiger partial charge on any atom is 0.387 e. The predicted molar refractivity (Wildman–Crippen MR) is 170 cm³/mol. The van der Waals surface area contributed by atoms with Crippen molar-refractivity contribution in [3.8, 4) is 11.5 Å². The molecule has 0 radical (unpaired) electrons. The Balaban J connectivity index is 0.000000336. The van der Waals surface area contributed by atoms with Crippen LogP contribution in [0.3, 0.4) is 0 Å². The number of nitrogens with zero attached hydrogens (tertiary/aromatic N) is 3. The van der Waals surface area contributed by atoms with Crippen molar-refractivity contribution in [2.24, 2.45) is 5.73 Å². The molecule has 18 heteroatoms. The number of carboxylic acid groups (broad SMARTS) is 1. The third kappa shape index (κ3) is 9.35. The number of halogens is 6. The van der Waals surface area contributed by atoms with Gasteiger partial charge in [0.05, 0.1) is 17.8 Å². The minimum absolute atomic E-state index is 0. The van der Waals surface area contributed by atoms with E-state index in [0.29, 0.717) is 24.0 Å². The van der Waals surface area contributed by atoms with E-state index in [-0.39, 0.29) is 36.3 Å². The molecule has 0 bridgehead atoms. The van der Waals surface area contributed by atoms with E-state index in [1.54, 1.807) is 32.9 Å². The summed E-state index contributed by atoms with van der Waals surface area (Å²) in [5.74, 6) is -4.14. The molecule has 0 fully saturated rings. The van der Waals surface area contributed by atoms with Gasteiger partial charge < -0.3 is 30.4 Å². The summed E-state index contributed by atoms with van der Waals surface area (Å²) in [5.41, 5.74) is 7.27. The SMILES string of the molecule is Cc1c(C(=O)OC(C)(C)C)ccc2c1CC[C@@H]2NC(=O)c1cc(C(=O)O)nc2c(F)cnn12.Cl.NCc1ccc(OC(F)F)c(OC(F)F)c1. The lowest BCUT2D eigenvalue weighted by Crippen LogP contribution is -2.29. The third-order valence-electron chi connectivity index (χ3n) is 7.17. The Morgan fingerprint density at radius 2 is 1.72 bits per heavy atom. The van der Waals surface area contributed by atoms with Crippen LogP contribution in [0.4, 0.5) is 22.0 Å². The maximum absolute atomic E-state index is 14.0. The molecule has 12 nitrogen and oxygen atoms in total. The summed E-state index contributed by atoms with van der Waals surface area (Å²) >= 11 is 0. The molecular weight excluding hydrogens is 697 g/mol. The molecule has 1 amide bonds. The van der Waals surface area contributed by atoms with Gasteiger partial charge in [-0.25, -0.2) is 23.5 Å². The van der Waals surface area contributed by atoms with Gasteiger partial charge in [-0.3, -0.25) is 4.79 Å². The minimum Gasteiger partial charge on any atom is -0.477 e. The number of carbonyl (C=O) groups excluding carboxylic acids is 2. The molecule has 0 saturated carbocycles. The Hall–Kier alpha value is -5.03. The summed E-state index contributed by atoms with van der Waals surface area (Å²) < 4.78 is 76.3. The highest BCUT2D eigenvalue weighted by Gasteiger charge is 2.30. The monoisotopic (exact) mass is 729 g/mol. The van der Waals surface area contributed by atoms with E-state index in [2.05, 4.69) is 24.9 Å². The summed E-state index contributed by atoms with van der Waals surface area (Å²) in [7, 11) is 0. The van der Waals surface area contributed by atoms with Crippen molar-refractivity contribution in [1.82, 2.24) is 19.9 Å². The van der Waals surface area contributed by atoms with Gasteiger partial charge in [-0.05, 0) is 81.0 Å². The number of nitrogens with one attached hydrogen (secondary N) is 1. The number of aromatic carboxylic acids is 1. The van der Waals surface area contributed by atoms with Gasteiger partial charge in [-0.1, -0.05) is 12.1 Å². The Bertz CT molecular complexity index is 1880. The average molecular weight is 730 g/mol. The quantitative estimate of drug-likeness (QED) is 0.137. The zero-order valence-electron chi connectivity index (χ0n) is 27.0. The van der Waals surface area contributed by atoms with Crippen LogP contribution in [0.25, 0.3) is 5.65 Å². The standard InChI is InChI=1S/C23H23FN4O5.C9H9F4NO2.ClH/c1-11-12-7-8-16(14(12)6-5-13(11)22(32)33-23(2,3)4)27-20(29)18-9-17(21(30)31)26-19-15(24)10-25-28(18)19;10-8(11)15-6-2-1-5(4-14)3-7(6)16-9(12)13;/h5-6,9-10,16H,7-8H2,1-4H3,(H,27,29)(H,30,31);1-3,8-9H,4,14H2;1H/t16-;;/m0../s1. The highest BCUT2D eigenvalue weighted by molar-refractivity contribution is 5.96. The number of benzene rings is 2. The molecule has 270 valence electrons. The number of carboxylic acids is 1. The van der Waals surface area contributed by atoms with Crippen LogP contribution in [0.2, 0.25) is 0 Å². The minimum atomic E-state index is -3.12. The number of amides is 1. The maximum atomic E-state index is 14.0. The lowest BCUT2D eigenvalue weighted by Gasteiger charge is -2.21. The van der Waals surface area contributed by atoms with Crippen LogP contribution in [-0.2, 0) is 17.7 Å². The normalized spacial score (nSPS) is 13.6. The van der Waals surface area contributed by atoms with Gasteiger partial charge in [0.25, 0.3) is 5.91 Å². The fourth-order valence-electron chi connectivity index (χ4n) is 5.08. The topological polar surface area (TPSA) is 167 Å². The molecule has 0 saturated heterocycles. The molecule has 4 aromatic rings. The highest BCUT2D eigenvalue weighted by atomic mass is 35.5. The molecule has 4 N–H and O–H groups in total. The number of aromatic nitrogens is 3. The lowest BCUT2D eigenvalue weighted by atomic mass is 9.97. The summed E-state index contributed by atoms with van der Waals surface area (Å²) in [4.78, 5) is 40.7. The van der Waals surface area contributed by atoms with Gasteiger partial charge in [0, 0.05) is 12.6 Å². The lowest BCUT2D eigenvalue weighted by molar-refractivity contribution is -0.0692. The zero-order chi connectivity index (χ0) is 36.2. The van der Waals surface area contributed by atoms with Crippen LogP contribution in [0.1, 0.15) is 86.8 Å². The molecule has 2 aromatic heterocycles. The number of alkyl halides is 4. The number of fused-ring (bicyclic) bond motifs is 2. The molecule has 0 aliphatic heterocycles. The molecule has 5 rings (SSSR count). The van der Waals surface area contributed by atoms with E-state index in [9.17, 15) is 41.4 Å². The first-order valence-corrected chi connectivity index (χ1v) is 14.7.